The standard InChI is InChI=1S/C19H24N6O4/c1-23-17(26)14(10-20-19(23)28)18(27)24-7-5-13(6-8-24)25(12-3-4-12)15-9-16(29-2)22-11-21-15/h9-13H,3-8H2,1-2H3,(H,20,28). The Morgan fingerprint density at radius 2 is 1.86 bits per heavy atom. The lowest BCUT2D eigenvalue weighted by Gasteiger charge is -2.39. The second kappa shape index (κ2) is 7.69. The van der Waals surface area contributed by atoms with Crippen LogP contribution >= 0.6 is 0 Å². The zero-order valence-electron chi connectivity index (χ0n) is 16.5. The fraction of sp³-hybridized carbons (Fsp3) is 0.526. The number of hydrogen-bond acceptors (Lipinski definition) is 7. The summed E-state index contributed by atoms with van der Waals surface area (Å²) in [6.45, 7) is 1.08. The zero-order valence-corrected chi connectivity index (χ0v) is 16.5. The summed E-state index contributed by atoms with van der Waals surface area (Å²) in [5.41, 5.74) is -1.12. The van der Waals surface area contributed by atoms with Gasteiger partial charge in [0.25, 0.3) is 11.5 Å². The molecule has 0 aromatic carbocycles. The number of aromatic nitrogens is 4. The summed E-state index contributed by atoms with van der Waals surface area (Å²) in [6, 6.07) is 2.55. The van der Waals surface area contributed by atoms with Crippen molar-refractivity contribution >= 4 is 11.7 Å². The number of H-pyrrole nitrogens is 1. The van der Waals surface area contributed by atoms with Crippen LogP contribution in [0.5, 0.6) is 5.88 Å². The van der Waals surface area contributed by atoms with E-state index in [0.29, 0.717) is 25.0 Å². The Hall–Kier alpha value is -3.17. The summed E-state index contributed by atoms with van der Waals surface area (Å²) in [5, 5.41) is 0. The number of likely N-dealkylation sites (tertiary alicyclic amines) is 1. The molecule has 1 saturated heterocycles. The Balaban J connectivity index is 1.48. The molecule has 29 heavy (non-hydrogen) atoms. The van der Waals surface area contributed by atoms with Crippen LogP contribution in [0, 0.1) is 0 Å². The van der Waals surface area contributed by atoms with Gasteiger partial charge in [-0.15, -0.1) is 0 Å². The first kappa shape index (κ1) is 19.2. The third-order valence-electron chi connectivity index (χ3n) is 5.60. The van der Waals surface area contributed by atoms with E-state index < -0.39 is 11.2 Å². The fourth-order valence-corrected chi connectivity index (χ4v) is 3.84. The van der Waals surface area contributed by atoms with Gasteiger partial charge in [-0.25, -0.2) is 14.8 Å². The molecule has 2 aliphatic rings. The molecule has 1 amide bonds. The number of hydrogen-bond donors (Lipinski definition) is 1. The number of nitrogens with one attached hydrogen (secondary N) is 1. The molecule has 1 N–H and O–H groups in total. The number of ether oxygens (including phenoxy) is 1. The predicted molar refractivity (Wildman–Crippen MR) is 105 cm³/mol. The smallest absolute Gasteiger partial charge is 0.328 e. The van der Waals surface area contributed by atoms with Crippen LogP contribution < -0.4 is 20.9 Å². The summed E-state index contributed by atoms with van der Waals surface area (Å²) >= 11 is 0. The number of amides is 1. The van der Waals surface area contributed by atoms with Gasteiger partial charge in [-0.2, -0.15) is 0 Å². The van der Waals surface area contributed by atoms with Crippen molar-refractivity contribution in [2.24, 2.45) is 7.05 Å². The summed E-state index contributed by atoms with van der Waals surface area (Å²) in [6.07, 6.45) is 6.52. The Labute approximate surface area is 167 Å². The van der Waals surface area contributed by atoms with Crippen LogP contribution in [0.3, 0.4) is 0 Å². The van der Waals surface area contributed by atoms with E-state index in [2.05, 4.69) is 19.9 Å². The van der Waals surface area contributed by atoms with Gasteiger partial charge in [-0.3, -0.25) is 14.2 Å². The van der Waals surface area contributed by atoms with Crippen LogP contribution in [0.25, 0.3) is 0 Å². The van der Waals surface area contributed by atoms with Gasteiger partial charge in [-0.1, -0.05) is 0 Å². The molecule has 4 rings (SSSR count). The van der Waals surface area contributed by atoms with Gasteiger partial charge in [0.05, 0.1) is 7.11 Å². The number of rotatable bonds is 5. The molecule has 0 radical (unpaired) electrons. The second-order valence-electron chi connectivity index (χ2n) is 7.45. The average Bonchev–Trinajstić information content (AvgIpc) is 3.58. The van der Waals surface area contributed by atoms with Crippen molar-refractivity contribution in [2.75, 3.05) is 25.1 Å². The normalized spacial score (nSPS) is 17.2. The molecule has 2 aromatic heterocycles. The molecule has 154 valence electrons. The fourth-order valence-electron chi connectivity index (χ4n) is 3.84. The number of anilines is 1. The summed E-state index contributed by atoms with van der Waals surface area (Å²) in [7, 11) is 2.94. The molecule has 1 aliphatic carbocycles. The Morgan fingerprint density at radius 3 is 2.52 bits per heavy atom. The number of carbonyl (C=O) groups excluding carboxylic acids is 1. The highest BCUT2D eigenvalue weighted by atomic mass is 16.5. The van der Waals surface area contributed by atoms with E-state index in [1.54, 1.807) is 12.0 Å². The van der Waals surface area contributed by atoms with Gasteiger partial charge in [0.1, 0.15) is 17.7 Å². The number of piperidine rings is 1. The van der Waals surface area contributed by atoms with Gasteiger partial charge < -0.3 is 19.5 Å². The minimum Gasteiger partial charge on any atom is -0.481 e. The first-order chi connectivity index (χ1) is 14.0. The topological polar surface area (TPSA) is 113 Å². The predicted octanol–water partition coefficient (Wildman–Crippen LogP) is 0.146. The maximum atomic E-state index is 12.8. The van der Waals surface area contributed by atoms with Crippen LogP contribution in [-0.4, -0.2) is 62.6 Å². The minimum atomic E-state index is -0.575. The van der Waals surface area contributed by atoms with E-state index >= 15 is 0 Å². The molecular weight excluding hydrogens is 376 g/mol. The van der Waals surface area contributed by atoms with Crippen molar-refractivity contribution in [3.63, 3.8) is 0 Å². The Morgan fingerprint density at radius 1 is 1.17 bits per heavy atom. The van der Waals surface area contributed by atoms with E-state index in [1.165, 1.54) is 19.6 Å². The molecule has 3 heterocycles. The highest BCUT2D eigenvalue weighted by molar-refractivity contribution is 5.93. The molecule has 2 fully saturated rings. The highest BCUT2D eigenvalue weighted by Crippen LogP contribution is 2.36. The third kappa shape index (κ3) is 3.74. The van der Waals surface area contributed by atoms with E-state index in [9.17, 15) is 14.4 Å². The van der Waals surface area contributed by atoms with Crippen molar-refractivity contribution < 1.29 is 9.53 Å². The molecular formula is C19H24N6O4. The first-order valence-electron chi connectivity index (χ1n) is 9.72. The summed E-state index contributed by atoms with van der Waals surface area (Å²) in [5.74, 6) is 1.03. The molecule has 0 bridgehead atoms. The van der Waals surface area contributed by atoms with Gasteiger partial charge >= 0.3 is 5.69 Å². The molecule has 2 aromatic rings. The second-order valence-corrected chi connectivity index (χ2v) is 7.45. The quantitative estimate of drug-likeness (QED) is 0.760. The molecule has 10 heteroatoms. The molecule has 0 atom stereocenters. The molecule has 0 spiro atoms. The largest absolute Gasteiger partial charge is 0.481 e. The van der Waals surface area contributed by atoms with Crippen molar-refractivity contribution in [2.45, 2.75) is 37.8 Å². The van der Waals surface area contributed by atoms with Crippen LogP contribution in [0.1, 0.15) is 36.0 Å². The number of aromatic amines is 1. The summed E-state index contributed by atoms with van der Waals surface area (Å²) in [4.78, 5) is 51.5. The van der Waals surface area contributed by atoms with E-state index in [0.717, 1.165) is 36.1 Å². The minimum absolute atomic E-state index is 0.00913. The molecule has 1 aliphatic heterocycles. The van der Waals surface area contributed by atoms with Crippen LogP contribution in [0.15, 0.2) is 28.2 Å². The zero-order chi connectivity index (χ0) is 20.5. The van der Waals surface area contributed by atoms with E-state index in [4.69, 9.17) is 4.74 Å². The Kier molecular flexibility index (Phi) is 5.08. The van der Waals surface area contributed by atoms with Crippen LogP contribution in [-0.2, 0) is 7.05 Å². The number of carbonyl (C=O) groups is 1. The SMILES string of the molecule is COc1cc(N(C2CC2)C2CCN(C(=O)c3c[nH]c(=O)n(C)c3=O)CC2)ncn1. The van der Waals surface area contributed by atoms with Gasteiger partial charge in [0, 0.05) is 44.5 Å². The monoisotopic (exact) mass is 400 g/mol. The van der Waals surface area contributed by atoms with Crippen molar-refractivity contribution in [1.29, 1.82) is 0 Å². The highest BCUT2D eigenvalue weighted by Gasteiger charge is 2.37. The van der Waals surface area contributed by atoms with E-state index in [-0.39, 0.29) is 17.5 Å². The lowest BCUT2D eigenvalue weighted by atomic mass is 10.0. The van der Waals surface area contributed by atoms with E-state index in [1.807, 2.05) is 6.07 Å². The maximum absolute atomic E-state index is 12.8. The number of methoxy groups -OCH3 is 1. The van der Waals surface area contributed by atoms with Crippen molar-refractivity contribution in [3.8, 4) is 5.88 Å². The molecule has 10 nitrogen and oxygen atoms in total. The maximum Gasteiger partial charge on any atom is 0.328 e. The van der Waals surface area contributed by atoms with Crippen LogP contribution in [0.4, 0.5) is 5.82 Å². The first-order valence-corrected chi connectivity index (χ1v) is 9.72. The third-order valence-corrected chi connectivity index (χ3v) is 5.60. The Bertz CT molecular complexity index is 1020. The van der Waals surface area contributed by atoms with Gasteiger partial charge in [-0.05, 0) is 25.7 Å². The lowest BCUT2D eigenvalue weighted by molar-refractivity contribution is 0.0708. The summed E-state index contributed by atoms with van der Waals surface area (Å²) < 4.78 is 6.15. The van der Waals surface area contributed by atoms with Crippen molar-refractivity contribution in [1.82, 2.24) is 24.4 Å². The number of nitrogens with zero attached hydrogens (tertiary/aromatic N) is 5. The van der Waals surface area contributed by atoms with Gasteiger partial charge in [0.2, 0.25) is 5.88 Å². The average molecular weight is 400 g/mol. The van der Waals surface area contributed by atoms with Gasteiger partial charge in [0.15, 0.2) is 0 Å². The van der Waals surface area contributed by atoms with Crippen LogP contribution in [0.2, 0.25) is 0 Å². The molecule has 0 unspecified atom stereocenters. The van der Waals surface area contributed by atoms with Crippen molar-refractivity contribution in [3.05, 3.63) is 45.0 Å². The molecule has 1 saturated carbocycles. The lowest BCUT2D eigenvalue weighted by Crippen LogP contribution is -2.49.